The Kier molecular flexibility index (Phi) is 2.86. The minimum Gasteiger partial charge on any atom is -0.246 e. The zero-order valence-corrected chi connectivity index (χ0v) is 10.0. The second-order valence-electron chi connectivity index (χ2n) is 3.68. The molecule has 2 heteroatoms. The first kappa shape index (κ1) is 9.44. The number of hydrogen-bond acceptors (Lipinski definition) is 1. The summed E-state index contributed by atoms with van der Waals surface area (Å²) in [5.74, 6) is 0.721. The van der Waals surface area contributed by atoms with Crippen LogP contribution in [0.15, 0.2) is 12.1 Å². The van der Waals surface area contributed by atoms with Crippen LogP contribution >= 0.6 is 22.6 Å². The van der Waals surface area contributed by atoms with Crippen LogP contribution in [-0.2, 0) is 6.42 Å². The summed E-state index contributed by atoms with van der Waals surface area (Å²) < 4.78 is 1.14. The fraction of sp³-hybridized carbons (Fsp3) is 0.545. The zero-order chi connectivity index (χ0) is 9.26. The van der Waals surface area contributed by atoms with Crippen molar-refractivity contribution in [2.24, 2.45) is 0 Å². The van der Waals surface area contributed by atoms with Crippen LogP contribution in [-0.4, -0.2) is 4.98 Å². The Bertz CT molecular complexity index is 309. The molecular weight excluding hydrogens is 273 g/mol. The molecule has 1 aliphatic carbocycles. The first-order valence-electron chi connectivity index (χ1n) is 4.96. The van der Waals surface area contributed by atoms with Gasteiger partial charge in [-0.3, -0.25) is 0 Å². The molecule has 0 aromatic carbocycles. The number of aryl methyl sites for hydroxylation is 1. The smallest absolute Gasteiger partial charge is 0.101 e. The summed E-state index contributed by atoms with van der Waals surface area (Å²) in [4.78, 5) is 4.65. The van der Waals surface area contributed by atoms with Crippen LogP contribution in [0.1, 0.15) is 43.4 Å². The summed E-state index contributed by atoms with van der Waals surface area (Å²) in [5.41, 5.74) is 2.86. The average Bonchev–Trinajstić information content (AvgIpc) is 2.17. The fourth-order valence-corrected chi connectivity index (χ4v) is 2.56. The van der Waals surface area contributed by atoms with Gasteiger partial charge < -0.3 is 0 Å². The number of fused-ring (bicyclic) bond motifs is 1. The van der Waals surface area contributed by atoms with E-state index in [2.05, 4.69) is 46.6 Å². The van der Waals surface area contributed by atoms with Crippen LogP contribution in [0, 0.1) is 3.70 Å². The van der Waals surface area contributed by atoms with Gasteiger partial charge in [-0.1, -0.05) is 13.0 Å². The highest BCUT2D eigenvalue weighted by Gasteiger charge is 2.19. The predicted octanol–water partition coefficient (Wildman–Crippen LogP) is 3.52. The van der Waals surface area contributed by atoms with Gasteiger partial charge in [-0.05, 0) is 59.9 Å². The first-order valence-corrected chi connectivity index (χ1v) is 6.04. The zero-order valence-electron chi connectivity index (χ0n) is 7.89. The number of rotatable bonds is 1. The van der Waals surface area contributed by atoms with Crippen molar-refractivity contribution in [3.63, 3.8) is 0 Å². The molecule has 0 spiro atoms. The van der Waals surface area contributed by atoms with Gasteiger partial charge in [0.05, 0.1) is 0 Å². The molecule has 0 unspecified atom stereocenters. The Balaban J connectivity index is 2.41. The standard InChI is InChI=1S/C11H14IN/c1-2-8-4-3-5-9-6-7-10(12)13-11(8)9/h6-8H,2-5H2,1H3/t8-/m0/s1. The van der Waals surface area contributed by atoms with Crippen LogP contribution in [0.3, 0.4) is 0 Å². The monoisotopic (exact) mass is 287 g/mol. The molecule has 70 valence electrons. The average molecular weight is 287 g/mol. The van der Waals surface area contributed by atoms with Crippen molar-refractivity contribution in [1.82, 2.24) is 4.98 Å². The van der Waals surface area contributed by atoms with Crippen molar-refractivity contribution in [3.8, 4) is 0 Å². The van der Waals surface area contributed by atoms with Gasteiger partial charge >= 0.3 is 0 Å². The molecule has 1 aromatic rings. The Labute approximate surface area is 93.1 Å². The molecule has 0 saturated heterocycles. The molecule has 0 N–H and O–H groups in total. The highest BCUT2D eigenvalue weighted by Crippen LogP contribution is 2.32. The molecule has 0 fully saturated rings. The molecule has 2 rings (SSSR count). The molecule has 0 bridgehead atoms. The molecule has 0 radical (unpaired) electrons. The van der Waals surface area contributed by atoms with E-state index < -0.39 is 0 Å². The van der Waals surface area contributed by atoms with Crippen molar-refractivity contribution in [1.29, 1.82) is 0 Å². The number of pyridine rings is 1. The lowest BCUT2D eigenvalue weighted by Gasteiger charge is -2.23. The van der Waals surface area contributed by atoms with E-state index in [0.717, 1.165) is 9.62 Å². The Morgan fingerprint density at radius 1 is 1.54 bits per heavy atom. The predicted molar refractivity (Wildman–Crippen MR) is 62.9 cm³/mol. The maximum absolute atomic E-state index is 4.65. The quantitative estimate of drug-likeness (QED) is 0.569. The fourth-order valence-electron chi connectivity index (χ4n) is 2.12. The molecule has 1 aliphatic rings. The van der Waals surface area contributed by atoms with E-state index >= 15 is 0 Å². The summed E-state index contributed by atoms with van der Waals surface area (Å²) in [6.45, 7) is 2.27. The van der Waals surface area contributed by atoms with Crippen LogP contribution in [0.5, 0.6) is 0 Å². The minimum absolute atomic E-state index is 0.721. The lowest BCUT2D eigenvalue weighted by Crippen LogP contribution is -2.11. The van der Waals surface area contributed by atoms with Gasteiger partial charge in [-0.2, -0.15) is 0 Å². The second-order valence-corrected chi connectivity index (χ2v) is 4.78. The van der Waals surface area contributed by atoms with Gasteiger partial charge in [0.25, 0.3) is 0 Å². The van der Waals surface area contributed by atoms with Gasteiger partial charge in [0, 0.05) is 11.6 Å². The van der Waals surface area contributed by atoms with E-state index in [4.69, 9.17) is 0 Å². The van der Waals surface area contributed by atoms with Gasteiger partial charge in [-0.25, -0.2) is 4.98 Å². The molecule has 1 nitrogen and oxygen atoms in total. The summed E-state index contributed by atoms with van der Waals surface area (Å²) in [6.07, 6.45) is 5.14. The maximum atomic E-state index is 4.65. The molecule has 0 saturated carbocycles. The number of aromatic nitrogens is 1. The van der Waals surface area contributed by atoms with E-state index in [0.29, 0.717) is 0 Å². The Morgan fingerprint density at radius 3 is 3.15 bits per heavy atom. The second kappa shape index (κ2) is 3.95. The molecular formula is C11H14IN. The number of nitrogens with zero attached hydrogens (tertiary/aromatic N) is 1. The lowest BCUT2D eigenvalue weighted by molar-refractivity contribution is 0.524. The van der Waals surface area contributed by atoms with Crippen molar-refractivity contribution in [3.05, 3.63) is 27.1 Å². The van der Waals surface area contributed by atoms with E-state index in [1.807, 2.05) is 0 Å². The lowest BCUT2D eigenvalue weighted by atomic mass is 9.85. The SMILES string of the molecule is CC[C@H]1CCCc2ccc(I)nc21. The molecule has 1 heterocycles. The number of halogens is 1. The highest BCUT2D eigenvalue weighted by molar-refractivity contribution is 14.1. The van der Waals surface area contributed by atoms with Gasteiger partial charge in [0.2, 0.25) is 0 Å². The van der Waals surface area contributed by atoms with E-state index in [1.165, 1.54) is 36.9 Å². The summed E-state index contributed by atoms with van der Waals surface area (Å²) >= 11 is 2.30. The van der Waals surface area contributed by atoms with Crippen LogP contribution in [0.2, 0.25) is 0 Å². The van der Waals surface area contributed by atoms with Crippen molar-refractivity contribution < 1.29 is 0 Å². The van der Waals surface area contributed by atoms with Gasteiger partial charge in [-0.15, -0.1) is 0 Å². The molecule has 13 heavy (non-hydrogen) atoms. The van der Waals surface area contributed by atoms with E-state index in [-0.39, 0.29) is 0 Å². The topological polar surface area (TPSA) is 12.9 Å². The third kappa shape index (κ3) is 1.87. The highest BCUT2D eigenvalue weighted by atomic mass is 127. The normalized spacial score (nSPS) is 21.2. The maximum Gasteiger partial charge on any atom is 0.101 e. The largest absolute Gasteiger partial charge is 0.246 e. The molecule has 1 aromatic heterocycles. The van der Waals surface area contributed by atoms with Crippen LogP contribution in [0.4, 0.5) is 0 Å². The minimum atomic E-state index is 0.721. The molecule has 0 amide bonds. The van der Waals surface area contributed by atoms with Crippen molar-refractivity contribution in [2.45, 2.75) is 38.5 Å². The summed E-state index contributed by atoms with van der Waals surface area (Å²) in [5, 5.41) is 0. The van der Waals surface area contributed by atoms with E-state index in [1.54, 1.807) is 0 Å². The first-order chi connectivity index (χ1) is 6.31. The Morgan fingerprint density at radius 2 is 2.38 bits per heavy atom. The van der Waals surface area contributed by atoms with Crippen LogP contribution in [0.25, 0.3) is 0 Å². The Hall–Kier alpha value is -0.120. The number of hydrogen-bond donors (Lipinski definition) is 0. The van der Waals surface area contributed by atoms with Gasteiger partial charge in [0.15, 0.2) is 0 Å². The summed E-state index contributed by atoms with van der Waals surface area (Å²) in [6, 6.07) is 4.38. The van der Waals surface area contributed by atoms with Crippen molar-refractivity contribution in [2.75, 3.05) is 0 Å². The molecule has 0 aliphatic heterocycles. The third-order valence-corrected chi connectivity index (χ3v) is 3.46. The van der Waals surface area contributed by atoms with Crippen molar-refractivity contribution >= 4 is 22.6 Å². The summed E-state index contributed by atoms with van der Waals surface area (Å²) in [7, 11) is 0. The third-order valence-electron chi connectivity index (χ3n) is 2.86. The molecule has 1 atom stereocenters. The van der Waals surface area contributed by atoms with E-state index in [9.17, 15) is 0 Å². The van der Waals surface area contributed by atoms with Crippen LogP contribution < -0.4 is 0 Å². The van der Waals surface area contributed by atoms with Gasteiger partial charge in [0.1, 0.15) is 3.70 Å².